The molecule has 1 unspecified atom stereocenters. The number of hydrogen-bond donors (Lipinski definition) is 1. The lowest BCUT2D eigenvalue weighted by Gasteiger charge is -2.35. The third-order valence-corrected chi connectivity index (χ3v) is 5.62. The monoisotopic (exact) mass is 409 g/mol. The van der Waals surface area contributed by atoms with Crippen molar-refractivity contribution < 1.29 is 18.0 Å². The molecular formula is C20H22F3N3OS. The number of fused-ring (bicyclic) bond motifs is 1. The second-order valence-corrected chi connectivity index (χ2v) is 7.72. The van der Waals surface area contributed by atoms with Gasteiger partial charge in [0.1, 0.15) is 5.03 Å². The topological polar surface area (TPSA) is 45.2 Å². The van der Waals surface area contributed by atoms with Gasteiger partial charge < -0.3 is 5.32 Å². The van der Waals surface area contributed by atoms with Gasteiger partial charge in [0.15, 0.2) is 0 Å². The van der Waals surface area contributed by atoms with Crippen LogP contribution in [0.5, 0.6) is 0 Å². The van der Waals surface area contributed by atoms with E-state index >= 15 is 0 Å². The van der Waals surface area contributed by atoms with E-state index in [4.69, 9.17) is 0 Å². The molecule has 0 fully saturated rings. The van der Waals surface area contributed by atoms with Crippen molar-refractivity contribution in [2.45, 2.75) is 42.9 Å². The van der Waals surface area contributed by atoms with E-state index in [0.29, 0.717) is 6.54 Å². The third kappa shape index (κ3) is 5.26. The van der Waals surface area contributed by atoms with Crippen molar-refractivity contribution >= 4 is 17.7 Å². The Balaban J connectivity index is 1.64. The van der Waals surface area contributed by atoms with Crippen LogP contribution in [-0.2, 0) is 13.0 Å². The van der Waals surface area contributed by atoms with Gasteiger partial charge in [0.2, 0.25) is 0 Å². The average molecular weight is 409 g/mol. The summed E-state index contributed by atoms with van der Waals surface area (Å²) in [5.41, 5.74) is -1.91. The molecule has 0 bridgehead atoms. The minimum absolute atomic E-state index is 0.0522. The molecule has 1 N–H and O–H groups in total. The molecule has 150 valence electrons. The number of rotatable bonds is 6. The van der Waals surface area contributed by atoms with Crippen LogP contribution in [0, 0.1) is 0 Å². The highest BCUT2D eigenvalue weighted by atomic mass is 32.2. The van der Waals surface area contributed by atoms with Crippen LogP contribution in [0.3, 0.4) is 0 Å². The molecule has 2 heterocycles. The zero-order chi connectivity index (χ0) is 20.1. The Labute approximate surface area is 166 Å². The summed E-state index contributed by atoms with van der Waals surface area (Å²) in [4.78, 5) is 18.5. The summed E-state index contributed by atoms with van der Waals surface area (Å²) in [5, 5.41) is 2.47. The standard InChI is InChI=1S/C20H22F3N3OS/c1-2-16(26-11-9-14-6-3-4-7-15(14)13-26)12-25-18(27)17-8-5-10-24-19(17)28-20(21,22)23/h3-8,10,16H,2,9,11-13H2,1H3,(H,25,27). The Morgan fingerprint density at radius 1 is 1.25 bits per heavy atom. The lowest BCUT2D eigenvalue weighted by atomic mass is 9.98. The molecule has 0 saturated heterocycles. The quantitative estimate of drug-likeness (QED) is 0.724. The van der Waals surface area contributed by atoms with Crippen LogP contribution >= 0.6 is 11.8 Å². The first-order valence-electron chi connectivity index (χ1n) is 9.17. The number of carbonyl (C=O) groups excluding carboxylic acids is 1. The normalized spacial score (nSPS) is 15.7. The molecule has 0 saturated carbocycles. The summed E-state index contributed by atoms with van der Waals surface area (Å²) in [6, 6.07) is 11.3. The smallest absolute Gasteiger partial charge is 0.350 e. The third-order valence-electron chi connectivity index (χ3n) is 4.87. The van der Waals surface area contributed by atoms with Gasteiger partial charge in [-0.05, 0) is 36.1 Å². The Kier molecular flexibility index (Phi) is 6.61. The summed E-state index contributed by atoms with van der Waals surface area (Å²) in [5.74, 6) is -0.532. The maximum absolute atomic E-state index is 12.7. The van der Waals surface area contributed by atoms with Crippen LogP contribution in [0.2, 0.25) is 0 Å². The number of hydrogen-bond acceptors (Lipinski definition) is 4. The molecule has 1 aliphatic heterocycles. The lowest BCUT2D eigenvalue weighted by Crippen LogP contribution is -2.45. The maximum atomic E-state index is 12.7. The summed E-state index contributed by atoms with van der Waals surface area (Å²) in [6.45, 7) is 4.13. The number of aromatic nitrogens is 1. The van der Waals surface area contributed by atoms with Crippen molar-refractivity contribution in [1.82, 2.24) is 15.2 Å². The molecule has 4 nitrogen and oxygen atoms in total. The molecule has 0 spiro atoms. The molecule has 1 atom stereocenters. The minimum Gasteiger partial charge on any atom is -0.350 e. The van der Waals surface area contributed by atoms with Crippen LogP contribution in [0.4, 0.5) is 13.2 Å². The number of benzene rings is 1. The van der Waals surface area contributed by atoms with Crippen molar-refractivity contribution in [3.63, 3.8) is 0 Å². The van der Waals surface area contributed by atoms with Crippen molar-refractivity contribution in [1.29, 1.82) is 0 Å². The minimum atomic E-state index is -4.49. The van der Waals surface area contributed by atoms with E-state index in [1.165, 1.54) is 29.5 Å². The van der Waals surface area contributed by atoms with Gasteiger partial charge in [0.05, 0.1) is 5.56 Å². The van der Waals surface area contributed by atoms with Gasteiger partial charge in [-0.1, -0.05) is 31.2 Å². The molecule has 0 radical (unpaired) electrons. The second kappa shape index (κ2) is 8.96. The van der Waals surface area contributed by atoms with Gasteiger partial charge in [0, 0.05) is 43.6 Å². The zero-order valence-corrected chi connectivity index (χ0v) is 16.3. The highest BCUT2D eigenvalue weighted by molar-refractivity contribution is 8.00. The molecule has 2 aromatic rings. The van der Waals surface area contributed by atoms with Gasteiger partial charge >= 0.3 is 5.51 Å². The molecule has 8 heteroatoms. The number of amides is 1. The number of thioether (sulfide) groups is 1. The van der Waals surface area contributed by atoms with Crippen LogP contribution in [-0.4, -0.2) is 40.4 Å². The Morgan fingerprint density at radius 2 is 2.00 bits per heavy atom. The van der Waals surface area contributed by atoms with E-state index in [-0.39, 0.29) is 28.4 Å². The number of nitrogens with zero attached hydrogens (tertiary/aromatic N) is 2. The molecule has 1 amide bonds. The largest absolute Gasteiger partial charge is 0.447 e. The molecular weight excluding hydrogens is 387 g/mol. The second-order valence-electron chi connectivity index (χ2n) is 6.67. The van der Waals surface area contributed by atoms with Crippen LogP contribution < -0.4 is 5.32 Å². The fourth-order valence-corrected chi connectivity index (χ4v) is 4.02. The summed E-state index contributed by atoms with van der Waals surface area (Å²) in [7, 11) is 0. The SMILES string of the molecule is CCC(CNC(=O)c1cccnc1SC(F)(F)F)N1CCc2ccccc2C1. The fraction of sp³-hybridized carbons (Fsp3) is 0.400. The van der Waals surface area contributed by atoms with E-state index in [9.17, 15) is 18.0 Å². The molecule has 3 rings (SSSR count). The highest BCUT2D eigenvalue weighted by Gasteiger charge is 2.32. The Hall–Kier alpha value is -2.06. The number of pyridine rings is 1. The average Bonchev–Trinajstić information content (AvgIpc) is 2.67. The lowest BCUT2D eigenvalue weighted by molar-refractivity contribution is -0.0329. The Bertz CT molecular complexity index is 828. The van der Waals surface area contributed by atoms with Crippen LogP contribution in [0.1, 0.15) is 34.8 Å². The highest BCUT2D eigenvalue weighted by Crippen LogP contribution is 2.37. The van der Waals surface area contributed by atoms with Gasteiger partial charge in [-0.15, -0.1) is 0 Å². The van der Waals surface area contributed by atoms with E-state index in [1.54, 1.807) is 0 Å². The summed E-state index contributed by atoms with van der Waals surface area (Å²) < 4.78 is 38.1. The van der Waals surface area contributed by atoms with Crippen molar-refractivity contribution in [2.75, 3.05) is 13.1 Å². The fourth-order valence-electron chi connectivity index (χ4n) is 3.42. The molecule has 1 aromatic carbocycles. The van der Waals surface area contributed by atoms with E-state index in [2.05, 4.69) is 27.3 Å². The number of alkyl halides is 3. The Morgan fingerprint density at radius 3 is 2.71 bits per heavy atom. The van der Waals surface area contributed by atoms with E-state index in [1.807, 2.05) is 19.1 Å². The van der Waals surface area contributed by atoms with Crippen LogP contribution in [0.25, 0.3) is 0 Å². The van der Waals surface area contributed by atoms with Crippen molar-refractivity contribution in [3.05, 3.63) is 59.3 Å². The molecule has 28 heavy (non-hydrogen) atoms. The van der Waals surface area contributed by atoms with Gasteiger partial charge in [-0.25, -0.2) is 4.98 Å². The molecule has 1 aromatic heterocycles. The van der Waals surface area contributed by atoms with Gasteiger partial charge in [0.25, 0.3) is 5.91 Å². The van der Waals surface area contributed by atoms with Crippen molar-refractivity contribution in [2.24, 2.45) is 0 Å². The molecule has 0 aliphatic carbocycles. The van der Waals surface area contributed by atoms with Crippen molar-refractivity contribution in [3.8, 4) is 0 Å². The predicted molar refractivity (Wildman–Crippen MR) is 103 cm³/mol. The predicted octanol–water partition coefficient (Wildman–Crippen LogP) is 4.26. The zero-order valence-electron chi connectivity index (χ0n) is 15.5. The first-order chi connectivity index (χ1) is 13.4. The number of halogens is 3. The number of carbonyl (C=O) groups is 1. The van der Waals surface area contributed by atoms with E-state index in [0.717, 1.165) is 25.9 Å². The van der Waals surface area contributed by atoms with Gasteiger partial charge in [-0.3, -0.25) is 9.69 Å². The van der Waals surface area contributed by atoms with Crippen LogP contribution in [0.15, 0.2) is 47.6 Å². The molecule has 1 aliphatic rings. The maximum Gasteiger partial charge on any atom is 0.447 e. The first-order valence-corrected chi connectivity index (χ1v) is 9.99. The van der Waals surface area contributed by atoms with Gasteiger partial charge in [-0.2, -0.15) is 13.2 Å². The summed E-state index contributed by atoms with van der Waals surface area (Å²) in [6.07, 6.45) is 3.04. The van der Waals surface area contributed by atoms with E-state index < -0.39 is 11.4 Å². The summed E-state index contributed by atoms with van der Waals surface area (Å²) >= 11 is -0.366. The number of nitrogens with one attached hydrogen (secondary N) is 1. The first kappa shape index (κ1) is 20.7.